The molecule has 1 amide bonds. The van der Waals surface area contributed by atoms with Crippen LogP contribution in [0.3, 0.4) is 0 Å². The molecule has 4 heteroatoms. The standard InChI is InChI=1S/C24H26N2O2/c1-4-16-28-19-9-7-8-18(17-19)12-14-24-23(2,3)20-10-5-6-11-21(20)26(24)15-13-22(27)25-24/h4-12,14,17H,1,13,15-16H2,2-3H3,(H,25,27)/b14-12+/t24-/m1/s1. The van der Waals surface area contributed by atoms with E-state index in [1.165, 1.54) is 11.3 Å². The van der Waals surface area contributed by atoms with Gasteiger partial charge in [-0.05, 0) is 35.4 Å². The highest BCUT2D eigenvalue weighted by atomic mass is 16.5. The molecule has 1 atom stereocenters. The van der Waals surface area contributed by atoms with Gasteiger partial charge in [0, 0.05) is 24.1 Å². The minimum Gasteiger partial charge on any atom is -0.490 e. The van der Waals surface area contributed by atoms with Gasteiger partial charge in [-0.25, -0.2) is 0 Å². The number of rotatable bonds is 5. The Morgan fingerprint density at radius 1 is 1.21 bits per heavy atom. The SMILES string of the molecule is C=CCOc1cccc(/C=C/[C@@]23NC(=O)CCN2c2ccccc2C3(C)C)c1. The van der Waals surface area contributed by atoms with Crippen LogP contribution in [-0.4, -0.2) is 24.7 Å². The monoisotopic (exact) mass is 374 g/mol. The lowest BCUT2D eigenvalue weighted by Gasteiger charge is -2.49. The third kappa shape index (κ3) is 2.80. The summed E-state index contributed by atoms with van der Waals surface area (Å²) >= 11 is 0. The van der Waals surface area contributed by atoms with E-state index in [0.29, 0.717) is 19.6 Å². The molecule has 0 spiro atoms. The number of benzene rings is 2. The van der Waals surface area contributed by atoms with Gasteiger partial charge in [-0.3, -0.25) is 4.79 Å². The first kappa shape index (κ1) is 18.4. The third-order valence-electron chi connectivity index (χ3n) is 5.88. The summed E-state index contributed by atoms with van der Waals surface area (Å²) in [4.78, 5) is 14.8. The lowest BCUT2D eigenvalue weighted by atomic mass is 9.74. The second-order valence-electron chi connectivity index (χ2n) is 7.86. The van der Waals surface area contributed by atoms with Crippen LogP contribution in [0, 0.1) is 0 Å². The highest BCUT2D eigenvalue weighted by molar-refractivity contribution is 5.84. The zero-order valence-electron chi connectivity index (χ0n) is 16.4. The number of amides is 1. The van der Waals surface area contributed by atoms with Crippen molar-refractivity contribution in [3.05, 3.63) is 78.4 Å². The molecule has 1 N–H and O–H groups in total. The first-order chi connectivity index (χ1) is 13.5. The maximum atomic E-state index is 12.4. The number of anilines is 1. The molecule has 0 aromatic heterocycles. The molecule has 1 saturated heterocycles. The van der Waals surface area contributed by atoms with Gasteiger partial charge in [-0.2, -0.15) is 0 Å². The summed E-state index contributed by atoms with van der Waals surface area (Å²) in [7, 11) is 0. The number of fused-ring (bicyclic) bond motifs is 3. The number of para-hydroxylation sites is 1. The fraction of sp³-hybridized carbons (Fsp3) is 0.292. The predicted octanol–water partition coefficient (Wildman–Crippen LogP) is 4.28. The normalized spacial score (nSPS) is 22.5. The molecule has 2 aromatic rings. The highest BCUT2D eigenvalue weighted by Gasteiger charge is 2.57. The van der Waals surface area contributed by atoms with Crippen LogP contribution in [0.1, 0.15) is 31.4 Å². The van der Waals surface area contributed by atoms with Crippen LogP contribution in [0.25, 0.3) is 6.08 Å². The van der Waals surface area contributed by atoms with Crippen LogP contribution < -0.4 is 15.0 Å². The summed E-state index contributed by atoms with van der Waals surface area (Å²) in [5.41, 5.74) is 2.62. The van der Waals surface area contributed by atoms with Gasteiger partial charge in [0.25, 0.3) is 0 Å². The van der Waals surface area contributed by atoms with Crippen molar-refractivity contribution < 1.29 is 9.53 Å². The second kappa shape index (κ2) is 6.86. The zero-order valence-corrected chi connectivity index (χ0v) is 16.4. The molecule has 2 aliphatic rings. The number of ether oxygens (including phenoxy) is 1. The smallest absolute Gasteiger partial charge is 0.223 e. The first-order valence-corrected chi connectivity index (χ1v) is 9.69. The van der Waals surface area contributed by atoms with Crippen LogP contribution in [0.2, 0.25) is 0 Å². The van der Waals surface area contributed by atoms with E-state index in [2.05, 4.69) is 67.1 Å². The number of hydrogen-bond donors (Lipinski definition) is 1. The quantitative estimate of drug-likeness (QED) is 0.795. The van der Waals surface area contributed by atoms with Crippen molar-refractivity contribution in [3.8, 4) is 5.75 Å². The average molecular weight is 374 g/mol. The van der Waals surface area contributed by atoms with Crippen molar-refractivity contribution in [2.75, 3.05) is 18.1 Å². The zero-order chi connectivity index (χ0) is 19.8. The molecule has 4 rings (SSSR count). The maximum absolute atomic E-state index is 12.4. The Bertz CT molecular complexity index is 947. The number of carbonyl (C=O) groups excluding carboxylic acids is 1. The van der Waals surface area contributed by atoms with Crippen LogP contribution >= 0.6 is 0 Å². The molecular formula is C24H26N2O2. The van der Waals surface area contributed by atoms with E-state index >= 15 is 0 Å². The molecule has 0 radical (unpaired) electrons. The molecule has 144 valence electrons. The van der Waals surface area contributed by atoms with Gasteiger partial charge in [-0.1, -0.05) is 62.9 Å². The molecule has 28 heavy (non-hydrogen) atoms. The Kier molecular flexibility index (Phi) is 4.50. The minimum absolute atomic E-state index is 0.0878. The van der Waals surface area contributed by atoms with Gasteiger partial charge < -0.3 is 15.0 Å². The topological polar surface area (TPSA) is 41.6 Å². The Hall–Kier alpha value is -3.01. The molecule has 0 saturated carbocycles. The van der Waals surface area contributed by atoms with Crippen molar-refractivity contribution in [3.63, 3.8) is 0 Å². The van der Waals surface area contributed by atoms with Crippen LogP contribution in [0.4, 0.5) is 5.69 Å². The minimum atomic E-state index is -0.593. The average Bonchev–Trinajstić information content (AvgIpc) is 2.89. The summed E-state index contributed by atoms with van der Waals surface area (Å²) in [6.45, 7) is 9.27. The number of nitrogens with one attached hydrogen (secondary N) is 1. The van der Waals surface area contributed by atoms with Crippen LogP contribution in [0.15, 0.2) is 67.3 Å². The third-order valence-corrected chi connectivity index (χ3v) is 5.88. The van der Waals surface area contributed by atoms with Crippen molar-refractivity contribution in [2.24, 2.45) is 0 Å². The summed E-state index contributed by atoms with van der Waals surface area (Å²) in [5, 5.41) is 3.30. The first-order valence-electron chi connectivity index (χ1n) is 9.69. The highest BCUT2D eigenvalue weighted by Crippen LogP contribution is 2.52. The molecule has 2 aliphatic heterocycles. The van der Waals surface area contributed by atoms with Crippen LogP contribution in [0.5, 0.6) is 5.75 Å². The molecule has 2 aromatic carbocycles. The van der Waals surface area contributed by atoms with Gasteiger partial charge in [-0.15, -0.1) is 0 Å². The lowest BCUT2D eigenvalue weighted by Crippen LogP contribution is -2.68. The summed E-state index contributed by atoms with van der Waals surface area (Å²) in [6, 6.07) is 16.4. The van der Waals surface area contributed by atoms with E-state index in [4.69, 9.17) is 4.74 Å². The van der Waals surface area contributed by atoms with E-state index in [-0.39, 0.29) is 11.3 Å². The Balaban J connectivity index is 1.74. The molecule has 2 heterocycles. The van der Waals surface area contributed by atoms with Crippen molar-refractivity contribution >= 4 is 17.7 Å². The number of hydrogen-bond acceptors (Lipinski definition) is 3. The van der Waals surface area contributed by atoms with Crippen molar-refractivity contribution in [1.82, 2.24) is 5.32 Å². The van der Waals surface area contributed by atoms with Gasteiger partial charge >= 0.3 is 0 Å². The van der Waals surface area contributed by atoms with E-state index in [1.807, 2.05) is 24.3 Å². The van der Waals surface area contributed by atoms with E-state index in [1.54, 1.807) is 6.08 Å². The fourth-order valence-corrected chi connectivity index (χ4v) is 4.40. The van der Waals surface area contributed by atoms with Gasteiger partial charge in [0.1, 0.15) is 18.0 Å². The van der Waals surface area contributed by atoms with E-state index in [9.17, 15) is 4.79 Å². The Morgan fingerprint density at radius 2 is 2.04 bits per heavy atom. The number of carbonyl (C=O) groups is 1. The Morgan fingerprint density at radius 3 is 2.86 bits per heavy atom. The molecule has 4 nitrogen and oxygen atoms in total. The summed E-state index contributed by atoms with van der Waals surface area (Å²) < 4.78 is 5.65. The molecular weight excluding hydrogens is 348 g/mol. The van der Waals surface area contributed by atoms with Crippen molar-refractivity contribution in [2.45, 2.75) is 31.3 Å². The fourth-order valence-electron chi connectivity index (χ4n) is 4.40. The van der Waals surface area contributed by atoms with Gasteiger partial charge in [0.15, 0.2) is 0 Å². The molecule has 1 fully saturated rings. The lowest BCUT2D eigenvalue weighted by molar-refractivity contribution is -0.124. The second-order valence-corrected chi connectivity index (χ2v) is 7.86. The summed E-state index contributed by atoms with van der Waals surface area (Å²) in [6.07, 6.45) is 6.45. The van der Waals surface area contributed by atoms with E-state index < -0.39 is 5.66 Å². The van der Waals surface area contributed by atoms with Crippen LogP contribution in [-0.2, 0) is 10.2 Å². The molecule has 0 aliphatic carbocycles. The Labute approximate surface area is 166 Å². The largest absolute Gasteiger partial charge is 0.490 e. The van der Waals surface area contributed by atoms with Gasteiger partial charge in [0.05, 0.1) is 0 Å². The predicted molar refractivity (Wildman–Crippen MR) is 113 cm³/mol. The van der Waals surface area contributed by atoms with Gasteiger partial charge in [0.2, 0.25) is 5.91 Å². The molecule has 0 bridgehead atoms. The molecule has 0 unspecified atom stereocenters. The van der Waals surface area contributed by atoms with E-state index in [0.717, 1.165) is 11.3 Å². The summed E-state index contributed by atoms with van der Waals surface area (Å²) in [5.74, 6) is 0.892. The van der Waals surface area contributed by atoms with Crippen molar-refractivity contribution in [1.29, 1.82) is 0 Å². The maximum Gasteiger partial charge on any atom is 0.223 e. The number of nitrogens with zero attached hydrogens (tertiary/aromatic N) is 1.